The largest absolute Gasteiger partial charge is 0.322 e. The van der Waals surface area contributed by atoms with E-state index in [0.717, 1.165) is 14.8 Å². The predicted octanol–water partition coefficient (Wildman–Crippen LogP) is 4.00. The minimum absolute atomic E-state index is 0.221. The molecule has 3 aromatic rings. The Bertz CT molecular complexity index is 789. The van der Waals surface area contributed by atoms with Gasteiger partial charge in [-0.05, 0) is 40.8 Å². The molecule has 4 nitrogen and oxygen atoms in total. The van der Waals surface area contributed by atoms with E-state index in [9.17, 15) is 4.79 Å². The SMILES string of the molecule is O=C(Nc1cccc(I)c1)c1cnc(-c2ccccc2)nc1. The number of hydrogen-bond donors (Lipinski definition) is 1. The highest BCUT2D eigenvalue weighted by Gasteiger charge is 2.08. The number of benzene rings is 2. The number of carbonyl (C=O) groups excluding carboxylic acids is 1. The molecule has 0 spiro atoms. The Hall–Kier alpha value is -2.28. The number of halogens is 1. The van der Waals surface area contributed by atoms with E-state index < -0.39 is 0 Å². The van der Waals surface area contributed by atoms with E-state index in [1.165, 1.54) is 0 Å². The fraction of sp³-hybridized carbons (Fsp3) is 0. The molecule has 0 saturated carbocycles. The molecule has 3 rings (SSSR count). The van der Waals surface area contributed by atoms with Crippen LogP contribution < -0.4 is 5.32 Å². The van der Waals surface area contributed by atoms with Gasteiger partial charge in [-0.25, -0.2) is 9.97 Å². The molecular weight excluding hydrogens is 389 g/mol. The predicted molar refractivity (Wildman–Crippen MR) is 94.6 cm³/mol. The Morgan fingerprint density at radius 3 is 2.36 bits per heavy atom. The summed E-state index contributed by atoms with van der Waals surface area (Å²) in [6, 6.07) is 17.3. The second-order valence-corrected chi connectivity index (χ2v) is 5.87. The van der Waals surface area contributed by atoms with Crippen LogP contribution in [0.15, 0.2) is 67.0 Å². The molecular formula is C17H12IN3O. The third-order valence-electron chi connectivity index (χ3n) is 3.03. The van der Waals surface area contributed by atoms with E-state index in [-0.39, 0.29) is 5.91 Å². The molecule has 0 aliphatic heterocycles. The van der Waals surface area contributed by atoms with Crippen molar-refractivity contribution in [1.82, 2.24) is 9.97 Å². The van der Waals surface area contributed by atoms with Gasteiger partial charge in [-0.15, -0.1) is 0 Å². The molecule has 0 bridgehead atoms. The van der Waals surface area contributed by atoms with Crippen LogP contribution in [0.1, 0.15) is 10.4 Å². The third kappa shape index (κ3) is 3.48. The molecule has 108 valence electrons. The molecule has 0 aliphatic rings. The van der Waals surface area contributed by atoms with Crippen LogP contribution in [0.4, 0.5) is 5.69 Å². The first-order chi connectivity index (χ1) is 10.7. The zero-order valence-electron chi connectivity index (χ0n) is 11.5. The highest BCUT2D eigenvalue weighted by molar-refractivity contribution is 14.1. The molecule has 1 heterocycles. The Kier molecular flexibility index (Phi) is 4.43. The van der Waals surface area contributed by atoms with Gasteiger partial charge in [0.25, 0.3) is 5.91 Å². The average Bonchev–Trinajstić information content (AvgIpc) is 2.56. The molecule has 0 aliphatic carbocycles. The first-order valence-electron chi connectivity index (χ1n) is 6.67. The van der Waals surface area contributed by atoms with Gasteiger partial charge in [0, 0.05) is 27.2 Å². The summed E-state index contributed by atoms with van der Waals surface area (Å²) in [6.45, 7) is 0. The van der Waals surface area contributed by atoms with Gasteiger partial charge in [0.05, 0.1) is 5.56 Å². The molecule has 22 heavy (non-hydrogen) atoms. The fourth-order valence-electron chi connectivity index (χ4n) is 1.95. The van der Waals surface area contributed by atoms with E-state index in [4.69, 9.17) is 0 Å². The van der Waals surface area contributed by atoms with Crippen LogP contribution in [0, 0.1) is 3.57 Å². The lowest BCUT2D eigenvalue weighted by Gasteiger charge is -2.06. The summed E-state index contributed by atoms with van der Waals surface area (Å²) in [5.74, 6) is 0.382. The molecule has 0 unspecified atom stereocenters. The fourth-order valence-corrected chi connectivity index (χ4v) is 2.49. The second-order valence-electron chi connectivity index (χ2n) is 4.63. The van der Waals surface area contributed by atoms with Crippen LogP contribution in [0.2, 0.25) is 0 Å². The van der Waals surface area contributed by atoms with Crippen molar-refractivity contribution in [3.8, 4) is 11.4 Å². The zero-order chi connectivity index (χ0) is 15.4. The van der Waals surface area contributed by atoms with E-state index in [0.29, 0.717) is 11.4 Å². The molecule has 0 atom stereocenters. The van der Waals surface area contributed by atoms with Gasteiger partial charge in [-0.2, -0.15) is 0 Å². The normalized spacial score (nSPS) is 10.2. The number of amides is 1. The van der Waals surface area contributed by atoms with Gasteiger partial charge in [0.1, 0.15) is 0 Å². The summed E-state index contributed by atoms with van der Waals surface area (Å²) in [7, 11) is 0. The van der Waals surface area contributed by atoms with Crippen molar-refractivity contribution in [1.29, 1.82) is 0 Å². The van der Waals surface area contributed by atoms with E-state index >= 15 is 0 Å². The summed E-state index contributed by atoms with van der Waals surface area (Å²) in [5, 5.41) is 2.83. The number of anilines is 1. The number of hydrogen-bond acceptors (Lipinski definition) is 3. The first kappa shape index (κ1) is 14.6. The Labute approximate surface area is 141 Å². The lowest BCUT2D eigenvalue weighted by atomic mass is 10.2. The number of rotatable bonds is 3. The minimum Gasteiger partial charge on any atom is -0.322 e. The van der Waals surface area contributed by atoms with Crippen LogP contribution >= 0.6 is 22.6 Å². The highest BCUT2D eigenvalue weighted by atomic mass is 127. The average molecular weight is 401 g/mol. The number of carbonyl (C=O) groups is 1. The van der Waals surface area contributed by atoms with Gasteiger partial charge < -0.3 is 5.32 Å². The maximum Gasteiger partial charge on any atom is 0.258 e. The lowest BCUT2D eigenvalue weighted by molar-refractivity contribution is 0.102. The molecule has 0 fully saturated rings. The van der Waals surface area contributed by atoms with Crippen molar-refractivity contribution in [2.24, 2.45) is 0 Å². The Morgan fingerprint density at radius 1 is 0.955 bits per heavy atom. The van der Waals surface area contributed by atoms with Crippen molar-refractivity contribution in [3.05, 3.63) is 76.1 Å². The smallest absolute Gasteiger partial charge is 0.258 e. The monoisotopic (exact) mass is 401 g/mol. The first-order valence-corrected chi connectivity index (χ1v) is 7.74. The summed E-state index contributed by atoms with van der Waals surface area (Å²) in [4.78, 5) is 20.7. The maximum absolute atomic E-state index is 12.2. The van der Waals surface area contributed by atoms with E-state index in [1.807, 2.05) is 54.6 Å². The summed E-state index contributed by atoms with van der Waals surface area (Å²) >= 11 is 2.20. The van der Waals surface area contributed by atoms with Crippen LogP contribution in [0.25, 0.3) is 11.4 Å². The van der Waals surface area contributed by atoms with Crippen LogP contribution in [-0.2, 0) is 0 Å². The molecule has 2 aromatic carbocycles. The second kappa shape index (κ2) is 6.65. The van der Waals surface area contributed by atoms with Gasteiger partial charge in [0.2, 0.25) is 0 Å². The molecule has 0 radical (unpaired) electrons. The van der Waals surface area contributed by atoms with Crippen molar-refractivity contribution in [2.75, 3.05) is 5.32 Å². The van der Waals surface area contributed by atoms with E-state index in [2.05, 4.69) is 37.9 Å². The molecule has 1 N–H and O–H groups in total. The molecule has 5 heteroatoms. The summed E-state index contributed by atoms with van der Waals surface area (Å²) in [6.07, 6.45) is 3.08. The van der Waals surface area contributed by atoms with Gasteiger partial charge >= 0.3 is 0 Å². The standard InChI is InChI=1S/C17H12IN3O/c18-14-7-4-8-15(9-14)21-17(22)13-10-19-16(20-11-13)12-5-2-1-3-6-12/h1-11H,(H,21,22). The molecule has 1 aromatic heterocycles. The van der Waals surface area contributed by atoms with Crippen LogP contribution in [0.3, 0.4) is 0 Å². The quantitative estimate of drug-likeness (QED) is 0.676. The van der Waals surface area contributed by atoms with E-state index in [1.54, 1.807) is 12.4 Å². The Balaban J connectivity index is 1.76. The number of aromatic nitrogens is 2. The van der Waals surface area contributed by atoms with Crippen molar-refractivity contribution in [2.45, 2.75) is 0 Å². The summed E-state index contributed by atoms with van der Waals surface area (Å²) in [5.41, 5.74) is 2.11. The van der Waals surface area contributed by atoms with Gasteiger partial charge in [0.15, 0.2) is 5.82 Å². The van der Waals surface area contributed by atoms with Crippen LogP contribution in [0.5, 0.6) is 0 Å². The highest BCUT2D eigenvalue weighted by Crippen LogP contribution is 2.15. The van der Waals surface area contributed by atoms with Crippen molar-refractivity contribution < 1.29 is 4.79 Å². The molecule has 0 saturated heterocycles. The number of nitrogens with one attached hydrogen (secondary N) is 1. The third-order valence-corrected chi connectivity index (χ3v) is 3.70. The van der Waals surface area contributed by atoms with Crippen LogP contribution in [-0.4, -0.2) is 15.9 Å². The molecule has 1 amide bonds. The lowest BCUT2D eigenvalue weighted by Crippen LogP contribution is -2.12. The Morgan fingerprint density at radius 2 is 1.68 bits per heavy atom. The maximum atomic E-state index is 12.2. The summed E-state index contributed by atoms with van der Waals surface area (Å²) < 4.78 is 1.06. The topological polar surface area (TPSA) is 54.9 Å². The van der Waals surface area contributed by atoms with Crippen molar-refractivity contribution >= 4 is 34.2 Å². The van der Waals surface area contributed by atoms with Gasteiger partial charge in [-0.3, -0.25) is 4.79 Å². The van der Waals surface area contributed by atoms with Crippen molar-refractivity contribution in [3.63, 3.8) is 0 Å². The minimum atomic E-state index is -0.221. The zero-order valence-corrected chi connectivity index (χ0v) is 13.7. The number of nitrogens with zero attached hydrogens (tertiary/aromatic N) is 2. The van der Waals surface area contributed by atoms with Gasteiger partial charge in [-0.1, -0.05) is 36.4 Å².